The number of hydrogen-bond donors (Lipinski definition) is 2. The highest BCUT2D eigenvalue weighted by atomic mass is 15.1. The highest BCUT2D eigenvalue weighted by molar-refractivity contribution is 5.48. The molecule has 0 bridgehead atoms. The van der Waals surface area contributed by atoms with Crippen molar-refractivity contribution in [3.8, 4) is 0 Å². The summed E-state index contributed by atoms with van der Waals surface area (Å²) in [6, 6.07) is 4.04. The Bertz CT molecular complexity index is 548. The molecule has 5 heteroatoms. The van der Waals surface area contributed by atoms with Crippen molar-refractivity contribution < 1.29 is 0 Å². The largest absolute Gasteiger partial charge is 0.380 e. The smallest absolute Gasteiger partial charge is 0.128 e. The second-order valence-corrected chi connectivity index (χ2v) is 6.17. The second kappa shape index (κ2) is 5.53. The molecule has 0 atom stereocenters. The van der Waals surface area contributed by atoms with E-state index >= 15 is 0 Å². The highest BCUT2D eigenvalue weighted by Crippen LogP contribution is 2.24. The van der Waals surface area contributed by atoms with Gasteiger partial charge in [-0.2, -0.15) is 5.10 Å². The van der Waals surface area contributed by atoms with E-state index in [0.717, 1.165) is 18.1 Å². The quantitative estimate of drug-likeness (QED) is 0.899. The van der Waals surface area contributed by atoms with Crippen molar-refractivity contribution in [3.63, 3.8) is 0 Å². The highest BCUT2D eigenvalue weighted by Gasteiger charge is 2.19. The molecule has 0 saturated carbocycles. The average Bonchev–Trinajstić information content (AvgIpc) is 2.85. The molecule has 2 rings (SSSR count). The third kappa shape index (κ3) is 3.29. The fraction of sp³-hybridized carbons (Fsp3) is 0.467. The van der Waals surface area contributed by atoms with Crippen LogP contribution in [-0.4, -0.2) is 29.3 Å². The van der Waals surface area contributed by atoms with E-state index in [0.29, 0.717) is 0 Å². The Labute approximate surface area is 120 Å². The van der Waals surface area contributed by atoms with Crippen molar-refractivity contribution in [3.05, 3.63) is 35.8 Å². The van der Waals surface area contributed by atoms with Crippen molar-refractivity contribution in [1.82, 2.24) is 15.2 Å². The lowest BCUT2D eigenvalue weighted by atomic mass is 9.89. The van der Waals surface area contributed by atoms with Gasteiger partial charge in [0.25, 0.3) is 0 Å². The molecule has 0 aromatic carbocycles. The van der Waals surface area contributed by atoms with Crippen molar-refractivity contribution in [2.45, 2.75) is 32.7 Å². The average molecular weight is 273 g/mol. The van der Waals surface area contributed by atoms with Crippen LogP contribution in [0.1, 0.15) is 32.0 Å². The van der Waals surface area contributed by atoms with Gasteiger partial charge in [-0.15, -0.1) is 0 Å². The lowest BCUT2D eigenvalue weighted by Gasteiger charge is -2.19. The van der Waals surface area contributed by atoms with Crippen LogP contribution in [0.3, 0.4) is 0 Å². The number of aromatic nitrogens is 3. The fourth-order valence-electron chi connectivity index (χ4n) is 2.05. The Hall–Kier alpha value is -2.04. The van der Waals surface area contributed by atoms with Gasteiger partial charge in [-0.25, -0.2) is 4.98 Å². The third-order valence-electron chi connectivity index (χ3n) is 3.16. The molecule has 0 radical (unpaired) electrons. The number of H-pyrrole nitrogens is 1. The van der Waals surface area contributed by atoms with Crippen LogP contribution in [0.4, 0.5) is 11.5 Å². The van der Waals surface area contributed by atoms with Gasteiger partial charge in [-0.1, -0.05) is 20.8 Å². The van der Waals surface area contributed by atoms with Gasteiger partial charge in [0.1, 0.15) is 5.82 Å². The topological polar surface area (TPSA) is 56.8 Å². The number of nitrogens with one attached hydrogen (secondary N) is 2. The van der Waals surface area contributed by atoms with E-state index < -0.39 is 0 Å². The van der Waals surface area contributed by atoms with E-state index in [9.17, 15) is 0 Å². The standard InChI is InChI=1S/C15H23N5/c1-15(2,3)14-11(9-18-19-14)8-16-12-6-7-13(17-10-12)20(4)5/h6-7,9-10,16H,8H2,1-5H3,(H,18,19). The van der Waals surface area contributed by atoms with Gasteiger partial charge in [-0.3, -0.25) is 5.10 Å². The van der Waals surface area contributed by atoms with Crippen LogP contribution >= 0.6 is 0 Å². The molecule has 0 aliphatic heterocycles. The number of pyridine rings is 1. The van der Waals surface area contributed by atoms with Crippen molar-refractivity contribution in [2.24, 2.45) is 0 Å². The van der Waals surface area contributed by atoms with Gasteiger partial charge < -0.3 is 10.2 Å². The maximum absolute atomic E-state index is 4.39. The van der Waals surface area contributed by atoms with E-state index in [1.807, 2.05) is 43.5 Å². The molecule has 0 fully saturated rings. The van der Waals surface area contributed by atoms with E-state index in [2.05, 4.69) is 41.3 Å². The zero-order chi connectivity index (χ0) is 14.8. The fourth-order valence-corrected chi connectivity index (χ4v) is 2.05. The first-order valence-electron chi connectivity index (χ1n) is 6.78. The summed E-state index contributed by atoms with van der Waals surface area (Å²) in [5.41, 5.74) is 3.44. The van der Waals surface area contributed by atoms with E-state index in [-0.39, 0.29) is 5.41 Å². The minimum Gasteiger partial charge on any atom is -0.380 e. The lowest BCUT2D eigenvalue weighted by molar-refractivity contribution is 0.561. The predicted octanol–water partition coefficient (Wildman–Crippen LogP) is 2.78. The zero-order valence-electron chi connectivity index (χ0n) is 12.9. The molecule has 2 N–H and O–H groups in total. The van der Waals surface area contributed by atoms with Crippen molar-refractivity contribution in [2.75, 3.05) is 24.3 Å². The molecular weight excluding hydrogens is 250 g/mol. The van der Waals surface area contributed by atoms with Gasteiger partial charge in [0.05, 0.1) is 18.1 Å². The maximum Gasteiger partial charge on any atom is 0.128 e. The summed E-state index contributed by atoms with van der Waals surface area (Å²) in [4.78, 5) is 6.37. The molecular formula is C15H23N5. The minimum atomic E-state index is 0.0700. The summed E-state index contributed by atoms with van der Waals surface area (Å²) in [6.45, 7) is 7.28. The third-order valence-corrected chi connectivity index (χ3v) is 3.16. The first-order chi connectivity index (χ1) is 9.38. The number of anilines is 2. The van der Waals surface area contributed by atoms with Crippen LogP contribution in [0, 0.1) is 0 Å². The lowest BCUT2D eigenvalue weighted by Crippen LogP contribution is -2.15. The number of aromatic amines is 1. The van der Waals surface area contributed by atoms with Crippen molar-refractivity contribution in [1.29, 1.82) is 0 Å². The molecule has 2 aromatic rings. The number of hydrogen-bond acceptors (Lipinski definition) is 4. The maximum atomic E-state index is 4.39. The van der Waals surface area contributed by atoms with Crippen LogP contribution in [0.2, 0.25) is 0 Å². The van der Waals surface area contributed by atoms with Gasteiger partial charge in [0, 0.05) is 37.3 Å². The Morgan fingerprint density at radius 2 is 1.95 bits per heavy atom. The summed E-state index contributed by atoms with van der Waals surface area (Å²) in [7, 11) is 3.97. The summed E-state index contributed by atoms with van der Waals surface area (Å²) >= 11 is 0. The first-order valence-corrected chi connectivity index (χ1v) is 6.78. The number of nitrogens with zero attached hydrogens (tertiary/aromatic N) is 3. The molecule has 0 aliphatic rings. The van der Waals surface area contributed by atoms with Crippen molar-refractivity contribution >= 4 is 11.5 Å². The van der Waals surface area contributed by atoms with E-state index in [1.165, 1.54) is 11.3 Å². The molecule has 108 valence electrons. The predicted molar refractivity (Wildman–Crippen MR) is 83.2 cm³/mol. The molecule has 0 spiro atoms. The van der Waals surface area contributed by atoms with Gasteiger partial charge in [0.2, 0.25) is 0 Å². The molecule has 0 amide bonds. The summed E-state index contributed by atoms with van der Waals surface area (Å²) < 4.78 is 0. The second-order valence-electron chi connectivity index (χ2n) is 6.17. The summed E-state index contributed by atoms with van der Waals surface area (Å²) in [5.74, 6) is 0.953. The van der Waals surface area contributed by atoms with Gasteiger partial charge >= 0.3 is 0 Å². The van der Waals surface area contributed by atoms with E-state index in [4.69, 9.17) is 0 Å². The molecule has 2 heterocycles. The molecule has 0 unspecified atom stereocenters. The monoisotopic (exact) mass is 273 g/mol. The van der Waals surface area contributed by atoms with Crippen LogP contribution < -0.4 is 10.2 Å². The van der Waals surface area contributed by atoms with Crippen LogP contribution in [-0.2, 0) is 12.0 Å². The Balaban J connectivity index is 2.04. The summed E-state index contributed by atoms with van der Waals surface area (Å²) in [6.07, 6.45) is 3.74. The molecule has 5 nitrogen and oxygen atoms in total. The molecule has 0 saturated heterocycles. The number of rotatable bonds is 4. The normalized spacial score (nSPS) is 11.4. The zero-order valence-corrected chi connectivity index (χ0v) is 12.9. The summed E-state index contributed by atoms with van der Waals surface area (Å²) in [5, 5.41) is 10.6. The molecule has 2 aromatic heterocycles. The molecule has 0 aliphatic carbocycles. The van der Waals surface area contributed by atoms with Crippen LogP contribution in [0.25, 0.3) is 0 Å². The Morgan fingerprint density at radius 3 is 2.50 bits per heavy atom. The first kappa shape index (κ1) is 14.4. The van der Waals surface area contributed by atoms with Gasteiger partial charge in [-0.05, 0) is 12.1 Å². The molecule has 20 heavy (non-hydrogen) atoms. The van der Waals surface area contributed by atoms with E-state index in [1.54, 1.807) is 0 Å². The van der Waals surface area contributed by atoms with Crippen LogP contribution in [0.15, 0.2) is 24.5 Å². The van der Waals surface area contributed by atoms with Crippen LogP contribution in [0.5, 0.6) is 0 Å². The minimum absolute atomic E-state index is 0.0700. The Kier molecular flexibility index (Phi) is 3.97. The van der Waals surface area contributed by atoms with Gasteiger partial charge in [0.15, 0.2) is 0 Å². The Morgan fingerprint density at radius 1 is 1.20 bits per heavy atom. The SMILES string of the molecule is CN(C)c1ccc(NCc2cn[nH]c2C(C)(C)C)cn1.